The third kappa shape index (κ3) is 6.84. The summed E-state index contributed by atoms with van der Waals surface area (Å²) in [6.45, 7) is 1.83. The molecule has 5 rings (SSSR count). The third-order valence-corrected chi connectivity index (χ3v) is 7.70. The lowest BCUT2D eigenvalue weighted by atomic mass is 9.95. The Labute approximate surface area is 254 Å². The highest BCUT2D eigenvalue weighted by Crippen LogP contribution is 2.40. The lowest BCUT2D eigenvalue weighted by Crippen LogP contribution is -2.50. The molecule has 4 aromatic carbocycles. The van der Waals surface area contributed by atoms with Crippen LogP contribution >= 0.6 is 0 Å². The van der Waals surface area contributed by atoms with E-state index in [1.54, 1.807) is 17.0 Å². The van der Waals surface area contributed by atoms with Gasteiger partial charge >= 0.3 is 0 Å². The number of rotatable bonds is 10. The number of aliphatic hydroxyl groups is 1. The smallest absolute Gasteiger partial charge is 0.254 e. The van der Waals surface area contributed by atoms with Crippen molar-refractivity contribution >= 4 is 23.4 Å². The molecule has 1 aliphatic heterocycles. The van der Waals surface area contributed by atoms with Crippen molar-refractivity contribution in [3.8, 4) is 11.1 Å². The van der Waals surface area contributed by atoms with Crippen molar-refractivity contribution in [2.45, 2.75) is 44.4 Å². The Hall–Kier alpha value is -4.89. The number of amides is 3. The molecule has 3 atom stereocenters. The predicted octanol–water partition coefficient (Wildman–Crippen LogP) is 5.40. The van der Waals surface area contributed by atoms with Gasteiger partial charge in [0.2, 0.25) is 5.91 Å². The summed E-state index contributed by atoms with van der Waals surface area (Å²) >= 11 is 0. The lowest BCUT2D eigenvalue weighted by Gasteiger charge is -2.27. The molecule has 1 heterocycles. The molecule has 3 amide bonds. The van der Waals surface area contributed by atoms with Crippen LogP contribution in [-0.2, 0) is 20.8 Å². The average molecular weight is 598 g/mol. The van der Waals surface area contributed by atoms with Crippen LogP contribution in [0.4, 0.5) is 14.5 Å². The Morgan fingerprint density at radius 3 is 2.20 bits per heavy atom. The van der Waals surface area contributed by atoms with Crippen molar-refractivity contribution in [3.05, 3.63) is 125 Å². The number of hydrogen-bond donors (Lipinski definition) is 3. The highest BCUT2D eigenvalue weighted by atomic mass is 19.1. The van der Waals surface area contributed by atoms with E-state index in [4.69, 9.17) is 0 Å². The zero-order chi connectivity index (χ0) is 31.2. The molecule has 0 aliphatic carbocycles. The first-order valence-electron chi connectivity index (χ1n) is 14.5. The van der Waals surface area contributed by atoms with Gasteiger partial charge in [-0.15, -0.1) is 0 Å². The van der Waals surface area contributed by atoms with Crippen LogP contribution in [0.1, 0.15) is 48.6 Å². The normalized spacial score (nSPS) is 15.4. The second-order valence-electron chi connectivity index (χ2n) is 10.8. The van der Waals surface area contributed by atoms with Crippen molar-refractivity contribution in [1.82, 2.24) is 10.6 Å². The number of benzene rings is 4. The second-order valence-corrected chi connectivity index (χ2v) is 10.8. The molecule has 2 unspecified atom stereocenters. The maximum atomic E-state index is 14.2. The summed E-state index contributed by atoms with van der Waals surface area (Å²) < 4.78 is 27.2. The van der Waals surface area contributed by atoms with Crippen molar-refractivity contribution < 1.29 is 28.3 Å². The van der Waals surface area contributed by atoms with E-state index in [9.17, 15) is 28.3 Å². The molecule has 0 bridgehead atoms. The van der Waals surface area contributed by atoms with Gasteiger partial charge in [0.15, 0.2) is 6.10 Å². The first kappa shape index (κ1) is 30.6. The minimum Gasteiger partial charge on any atom is -0.378 e. The zero-order valence-electron chi connectivity index (χ0n) is 24.2. The quantitative estimate of drug-likeness (QED) is 0.213. The first-order chi connectivity index (χ1) is 21.2. The number of aryl methyl sites for hydroxylation is 1. The van der Waals surface area contributed by atoms with Gasteiger partial charge in [0, 0.05) is 18.2 Å². The number of anilines is 1. The van der Waals surface area contributed by atoms with E-state index in [0.717, 1.165) is 48.2 Å². The van der Waals surface area contributed by atoms with E-state index in [-0.39, 0.29) is 11.5 Å². The molecule has 226 valence electrons. The summed E-state index contributed by atoms with van der Waals surface area (Å²) in [6, 6.07) is 25.2. The molecule has 44 heavy (non-hydrogen) atoms. The maximum Gasteiger partial charge on any atom is 0.254 e. The highest BCUT2D eigenvalue weighted by molar-refractivity contribution is 6.06. The third-order valence-electron chi connectivity index (χ3n) is 7.70. The Balaban J connectivity index is 1.34. The summed E-state index contributed by atoms with van der Waals surface area (Å²) in [5.41, 5.74) is 3.95. The van der Waals surface area contributed by atoms with E-state index in [1.165, 1.54) is 12.5 Å². The summed E-state index contributed by atoms with van der Waals surface area (Å²) in [5, 5.41) is 15.5. The number of nitrogens with zero attached hydrogens (tertiary/aromatic N) is 1. The lowest BCUT2D eigenvalue weighted by molar-refractivity contribution is -0.134. The molecular weight excluding hydrogens is 564 g/mol. The number of para-hydroxylation sites is 1. The van der Waals surface area contributed by atoms with Crippen LogP contribution in [0.15, 0.2) is 97.1 Å². The van der Waals surface area contributed by atoms with Gasteiger partial charge in [0.25, 0.3) is 11.8 Å². The Morgan fingerprint density at radius 2 is 1.48 bits per heavy atom. The second kappa shape index (κ2) is 13.6. The number of unbranched alkanes of at least 4 members (excludes halogenated alkanes) is 1. The molecule has 3 N–H and O–H groups in total. The highest BCUT2D eigenvalue weighted by Gasteiger charge is 2.36. The monoisotopic (exact) mass is 597 g/mol. The Morgan fingerprint density at radius 1 is 0.841 bits per heavy atom. The molecule has 0 fully saturated rings. The molecule has 1 aliphatic rings. The molecule has 0 spiro atoms. The fourth-order valence-corrected chi connectivity index (χ4v) is 5.46. The number of aliphatic hydroxyl groups excluding tert-OH is 1. The van der Waals surface area contributed by atoms with E-state index in [1.807, 2.05) is 54.6 Å². The molecule has 0 aromatic heterocycles. The van der Waals surface area contributed by atoms with Crippen LogP contribution in [0.2, 0.25) is 0 Å². The van der Waals surface area contributed by atoms with Crippen LogP contribution in [0.25, 0.3) is 11.1 Å². The van der Waals surface area contributed by atoms with E-state index in [2.05, 4.69) is 22.8 Å². The van der Waals surface area contributed by atoms with Crippen molar-refractivity contribution in [2.75, 3.05) is 11.4 Å². The van der Waals surface area contributed by atoms with Crippen LogP contribution in [0, 0.1) is 11.6 Å². The molecular formula is C35H33F2N3O4. The fraction of sp³-hybridized carbons (Fsp3) is 0.229. The van der Waals surface area contributed by atoms with Gasteiger partial charge in [-0.1, -0.05) is 72.8 Å². The van der Waals surface area contributed by atoms with E-state index >= 15 is 0 Å². The summed E-state index contributed by atoms with van der Waals surface area (Å²) in [6.07, 6.45) is 0.560. The van der Waals surface area contributed by atoms with Gasteiger partial charge in [-0.25, -0.2) is 8.78 Å². The van der Waals surface area contributed by atoms with Gasteiger partial charge in [-0.05, 0) is 66.6 Å². The number of carbonyl (C=O) groups is 3. The van der Waals surface area contributed by atoms with Crippen molar-refractivity contribution in [3.63, 3.8) is 0 Å². The standard InChI is InChI=1S/C35H33F2N3O4/c1-22(38-34(43)32(41)24-19-25(36)21-26(37)20-24)33(42)39-31-29-16-6-5-14-27(29)28-15-7-8-17-30(28)40(35(31)44)18-10-9-13-23-11-3-2-4-12-23/h2-8,11-12,14-17,19-22,31-32,41H,9-10,13,18H2,1H3,(H,38,43)(H,39,42)/t22-,31?,32?/m0/s1. The summed E-state index contributed by atoms with van der Waals surface area (Å²) in [4.78, 5) is 42.0. The SMILES string of the molecule is C[C@H](NC(=O)C(O)c1cc(F)cc(F)c1)C(=O)NC1C(=O)N(CCCCc2ccccc2)c2ccccc2-c2ccccc21. The minimum atomic E-state index is -1.91. The number of halogens is 2. The van der Waals surface area contributed by atoms with E-state index in [0.29, 0.717) is 18.2 Å². The molecule has 0 saturated carbocycles. The van der Waals surface area contributed by atoms with Crippen LogP contribution in [-0.4, -0.2) is 35.4 Å². The molecule has 0 saturated heterocycles. The molecule has 7 nitrogen and oxygen atoms in total. The first-order valence-corrected chi connectivity index (χ1v) is 14.5. The zero-order valence-corrected chi connectivity index (χ0v) is 24.2. The summed E-state index contributed by atoms with van der Waals surface area (Å²) in [7, 11) is 0. The van der Waals surface area contributed by atoms with Gasteiger partial charge in [0.1, 0.15) is 23.7 Å². The van der Waals surface area contributed by atoms with Crippen molar-refractivity contribution in [1.29, 1.82) is 0 Å². The van der Waals surface area contributed by atoms with E-state index < -0.39 is 41.6 Å². The average Bonchev–Trinajstić information content (AvgIpc) is 3.11. The molecule has 0 radical (unpaired) electrons. The predicted molar refractivity (Wildman–Crippen MR) is 163 cm³/mol. The topological polar surface area (TPSA) is 98.7 Å². The largest absolute Gasteiger partial charge is 0.378 e. The Bertz CT molecular complexity index is 1640. The molecule has 9 heteroatoms. The van der Waals surface area contributed by atoms with Crippen LogP contribution < -0.4 is 15.5 Å². The van der Waals surface area contributed by atoms with Gasteiger partial charge in [-0.2, -0.15) is 0 Å². The number of nitrogens with one attached hydrogen (secondary N) is 2. The van der Waals surface area contributed by atoms with Crippen LogP contribution in [0.5, 0.6) is 0 Å². The number of carbonyl (C=O) groups excluding carboxylic acids is 3. The maximum absolute atomic E-state index is 14.2. The summed E-state index contributed by atoms with van der Waals surface area (Å²) in [5.74, 6) is -3.90. The van der Waals surface area contributed by atoms with Crippen molar-refractivity contribution in [2.24, 2.45) is 0 Å². The van der Waals surface area contributed by atoms with Gasteiger partial charge in [-0.3, -0.25) is 14.4 Å². The van der Waals surface area contributed by atoms with Gasteiger partial charge < -0.3 is 20.6 Å². The molecule has 4 aromatic rings. The minimum absolute atomic E-state index is 0.291. The fourth-order valence-electron chi connectivity index (χ4n) is 5.46. The Kier molecular flexibility index (Phi) is 9.45. The van der Waals surface area contributed by atoms with Gasteiger partial charge in [0.05, 0.1) is 5.69 Å². The number of fused-ring (bicyclic) bond motifs is 3. The number of hydrogen-bond acceptors (Lipinski definition) is 4. The van der Waals surface area contributed by atoms with Crippen LogP contribution in [0.3, 0.4) is 0 Å².